The fourth-order valence-electron chi connectivity index (χ4n) is 4.59. The van der Waals surface area contributed by atoms with Gasteiger partial charge in [0.1, 0.15) is 18.1 Å². The minimum atomic E-state index is -1.01. The Bertz CT molecular complexity index is 1410. The van der Waals surface area contributed by atoms with Gasteiger partial charge in [0.15, 0.2) is 0 Å². The number of aryl methyl sites for hydroxylation is 1. The number of carboxylic acids is 1. The molecule has 46 heavy (non-hydrogen) atoms. The Morgan fingerprint density at radius 1 is 0.761 bits per heavy atom. The van der Waals surface area contributed by atoms with Crippen LogP contribution in [0.25, 0.3) is 0 Å². The van der Waals surface area contributed by atoms with Gasteiger partial charge in [0.05, 0.1) is 44.5 Å². The van der Waals surface area contributed by atoms with Crippen LogP contribution in [0.5, 0.6) is 11.5 Å². The van der Waals surface area contributed by atoms with Gasteiger partial charge in [-0.1, -0.05) is 24.3 Å². The van der Waals surface area contributed by atoms with Crippen LogP contribution in [0.2, 0.25) is 0 Å². The zero-order chi connectivity index (χ0) is 33.3. The lowest BCUT2D eigenvalue weighted by Crippen LogP contribution is -2.43. The second-order valence-electron chi connectivity index (χ2n) is 10.5. The predicted octanol–water partition coefficient (Wildman–Crippen LogP) is 4.39. The molecular formula is C34H44N4O8. The third-order valence-electron chi connectivity index (χ3n) is 7.26. The maximum absolute atomic E-state index is 13.6. The minimum Gasteiger partial charge on any atom is -0.495 e. The Morgan fingerprint density at radius 2 is 1.43 bits per heavy atom. The summed E-state index contributed by atoms with van der Waals surface area (Å²) in [7, 11) is 4.80. The van der Waals surface area contributed by atoms with Crippen LogP contribution < -0.4 is 20.1 Å². The molecule has 3 aromatic rings. The van der Waals surface area contributed by atoms with E-state index in [2.05, 4.69) is 15.5 Å². The topological polar surface area (TPSA) is 139 Å². The number of ether oxygens (including phenoxy) is 4. The quantitative estimate of drug-likeness (QED) is 0.175. The van der Waals surface area contributed by atoms with Gasteiger partial charge in [-0.25, -0.2) is 9.59 Å². The van der Waals surface area contributed by atoms with Gasteiger partial charge in [-0.3, -0.25) is 9.69 Å². The molecule has 0 saturated heterocycles. The number of aromatic carboxylic acids is 1. The first kappa shape index (κ1) is 35.8. The molecule has 3 rings (SSSR count). The Morgan fingerprint density at radius 3 is 2.07 bits per heavy atom. The molecule has 12 heteroatoms. The van der Waals surface area contributed by atoms with Crippen molar-refractivity contribution in [1.82, 2.24) is 9.80 Å². The van der Waals surface area contributed by atoms with Crippen LogP contribution in [0.1, 0.15) is 21.5 Å². The summed E-state index contributed by atoms with van der Waals surface area (Å²) in [6.07, 6.45) is 0.107. The van der Waals surface area contributed by atoms with Gasteiger partial charge < -0.3 is 39.6 Å². The second-order valence-corrected chi connectivity index (χ2v) is 10.5. The van der Waals surface area contributed by atoms with E-state index in [1.165, 1.54) is 19.2 Å². The molecule has 3 N–H and O–H groups in total. The van der Waals surface area contributed by atoms with Crippen molar-refractivity contribution >= 4 is 29.3 Å². The first-order valence-electron chi connectivity index (χ1n) is 15.0. The molecule has 0 fully saturated rings. The van der Waals surface area contributed by atoms with Crippen LogP contribution in [0.15, 0.2) is 66.7 Å². The average Bonchev–Trinajstić information content (AvgIpc) is 3.05. The molecule has 248 valence electrons. The van der Waals surface area contributed by atoms with Crippen LogP contribution in [0.3, 0.4) is 0 Å². The summed E-state index contributed by atoms with van der Waals surface area (Å²) in [6, 6.07) is 18.4. The summed E-state index contributed by atoms with van der Waals surface area (Å²) in [5.74, 6) is -0.183. The molecular weight excluding hydrogens is 592 g/mol. The molecule has 0 aliphatic rings. The molecule has 3 amide bonds. The summed E-state index contributed by atoms with van der Waals surface area (Å²) in [5.41, 5.74) is 2.99. The van der Waals surface area contributed by atoms with E-state index in [0.29, 0.717) is 68.8 Å². The maximum atomic E-state index is 13.6. The molecule has 0 saturated carbocycles. The Labute approximate surface area is 270 Å². The van der Waals surface area contributed by atoms with Gasteiger partial charge in [0.2, 0.25) is 5.91 Å². The number of para-hydroxylation sites is 1. The van der Waals surface area contributed by atoms with Crippen molar-refractivity contribution in [3.05, 3.63) is 83.4 Å². The molecule has 0 bridgehead atoms. The van der Waals surface area contributed by atoms with E-state index < -0.39 is 12.0 Å². The zero-order valence-electron chi connectivity index (χ0n) is 26.9. The number of urea groups is 1. The van der Waals surface area contributed by atoms with Crippen molar-refractivity contribution in [2.75, 3.05) is 84.5 Å². The lowest BCUT2D eigenvalue weighted by molar-refractivity contribution is -0.131. The van der Waals surface area contributed by atoms with E-state index in [4.69, 9.17) is 24.1 Å². The van der Waals surface area contributed by atoms with Crippen LogP contribution in [-0.2, 0) is 20.7 Å². The van der Waals surface area contributed by atoms with Gasteiger partial charge in [-0.05, 0) is 60.5 Å². The Balaban J connectivity index is 1.68. The number of methoxy groups -OCH3 is 3. The van der Waals surface area contributed by atoms with E-state index in [1.807, 2.05) is 31.2 Å². The largest absolute Gasteiger partial charge is 0.495 e. The number of hydrogen-bond acceptors (Lipinski definition) is 8. The zero-order valence-corrected chi connectivity index (χ0v) is 26.9. The van der Waals surface area contributed by atoms with Crippen molar-refractivity contribution in [1.29, 1.82) is 0 Å². The lowest BCUT2D eigenvalue weighted by atomic mass is 10.1. The van der Waals surface area contributed by atoms with Crippen molar-refractivity contribution < 1.29 is 38.4 Å². The number of rotatable bonds is 19. The highest BCUT2D eigenvalue weighted by molar-refractivity contribution is 6.01. The van der Waals surface area contributed by atoms with Crippen LogP contribution in [0, 0.1) is 6.92 Å². The third kappa shape index (κ3) is 11.7. The first-order chi connectivity index (χ1) is 22.2. The SMILES string of the molecule is COCCN(CCOC)CCN(CCOc1ccc(C(=O)O)cc1)C(=O)Cc1ccc(NC(=O)Nc2ccccc2C)c(OC)c1. The van der Waals surface area contributed by atoms with Crippen molar-refractivity contribution in [3.63, 3.8) is 0 Å². The van der Waals surface area contributed by atoms with Gasteiger partial charge in [-0.15, -0.1) is 0 Å². The van der Waals surface area contributed by atoms with Crippen molar-refractivity contribution in [2.45, 2.75) is 13.3 Å². The molecule has 0 atom stereocenters. The van der Waals surface area contributed by atoms with Crippen molar-refractivity contribution in [3.8, 4) is 11.5 Å². The molecule has 12 nitrogen and oxygen atoms in total. The van der Waals surface area contributed by atoms with E-state index >= 15 is 0 Å². The smallest absolute Gasteiger partial charge is 0.335 e. The van der Waals surface area contributed by atoms with Gasteiger partial charge in [0, 0.05) is 46.1 Å². The van der Waals surface area contributed by atoms with Gasteiger partial charge in [-0.2, -0.15) is 0 Å². The number of carboxylic acid groups (broad SMARTS) is 1. The fourth-order valence-corrected chi connectivity index (χ4v) is 4.59. The number of hydrogen-bond donors (Lipinski definition) is 3. The highest BCUT2D eigenvalue weighted by Crippen LogP contribution is 2.26. The second kappa shape index (κ2) is 19.0. The summed E-state index contributed by atoms with van der Waals surface area (Å²) >= 11 is 0. The normalized spacial score (nSPS) is 10.8. The molecule has 0 aliphatic carbocycles. The summed E-state index contributed by atoms with van der Waals surface area (Å²) in [4.78, 5) is 41.4. The maximum Gasteiger partial charge on any atom is 0.335 e. The Kier molecular flexibility index (Phi) is 14.8. The summed E-state index contributed by atoms with van der Waals surface area (Å²) in [6.45, 7) is 5.99. The van der Waals surface area contributed by atoms with E-state index in [-0.39, 0.29) is 24.5 Å². The lowest BCUT2D eigenvalue weighted by Gasteiger charge is -2.28. The van der Waals surface area contributed by atoms with Crippen LogP contribution in [-0.4, -0.2) is 107 Å². The molecule has 3 aromatic carbocycles. The number of nitrogens with one attached hydrogen (secondary N) is 2. The predicted molar refractivity (Wildman–Crippen MR) is 176 cm³/mol. The number of anilines is 2. The first-order valence-corrected chi connectivity index (χ1v) is 15.0. The summed E-state index contributed by atoms with van der Waals surface area (Å²) < 4.78 is 21.9. The molecule has 0 aliphatic heterocycles. The fraction of sp³-hybridized carbons (Fsp3) is 0.382. The van der Waals surface area contributed by atoms with Crippen LogP contribution >= 0.6 is 0 Å². The molecule has 0 unspecified atom stereocenters. The van der Waals surface area contributed by atoms with Gasteiger partial charge >= 0.3 is 12.0 Å². The molecule has 0 heterocycles. The van der Waals surface area contributed by atoms with E-state index in [1.54, 1.807) is 49.5 Å². The number of carbonyl (C=O) groups excluding carboxylic acids is 2. The number of carbonyl (C=O) groups is 3. The minimum absolute atomic E-state index is 0.107. The standard InChI is InChI=1S/C34H44N4O8/c1-25-7-5-6-8-29(25)35-34(42)36-30-14-9-26(23-31(30)45-4)24-32(39)38(16-15-37(17-20-43-2)18-21-44-3)19-22-46-28-12-10-27(11-13-28)33(40)41/h5-14,23H,15-22,24H2,1-4H3,(H,40,41)(H2,35,36,42). The van der Waals surface area contributed by atoms with Crippen molar-refractivity contribution in [2.24, 2.45) is 0 Å². The molecule has 0 radical (unpaired) electrons. The summed E-state index contributed by atoms with van der Waals surface area (Å²) in [5, 5.41) is 14.8. The third-order valence-corrected chi connectivity index (χ3v) is 7.26. The van der Waals surface area contributed by atoms with E-state index in [0.717, 1.165) is 11.1 Å². The monoisotopic (exact) mass is 636 g/mol. The van der Waals surface area contributed by atoms with E-state index in [9.17, 15) is 14.4 Å². The number of benzene rings is 3. The average molecular weight is 637 g/mol. The molecule has 0 aromatic heterocycles. The van der Waals surface area contributed by atoms with Crippen LogP contribution in [0.4, 0.5) is 16.2 Å². The number of amides is 3. The molecule has 0 spiro atoms. The van der Waals surface area contributed by atoms with Gasteiger partial charge in [0.25, 0.3) is 0 Å². The highest BCUT2D eigenvalue weighted by atomic mass is 16.5. The number of nitrogens with zero attached hydrogens (tertiary/aromatic N) is 2. The Hall–Kier alpha value is -4.65. The highest BCUT2D eigenvalue weighted by Gasteiger charge is 2.18.